The zero-order valence-electron chi connectivity index (χ0n) is 24.0. The molecule has 1 saturated heterocycles. The van der Waals surface area contributed by atoms with Crippen LogP contribution in [-0.2, 0) is 14.4 Å². The van der Waals surface area contributed by atoms with Gasteiger partial charge in [-0.05, 0) is 50.4 Å². The molecule has 2 N–H and O–H groups in total. The zero-order chi connectivity index (χ0) is 27.8. The lowest BCUT2D eigenvalue weighted by Crippen LogP contribution is -2.41. The van der Waals surface area contributed by atoms with Crippen LogP contribution in [0.4, 0.5) is 0 Å². The Bertz CT molecular complexity index is 723. The normalized spacial score (nSPS) is 18.7. The first-order valence-electron chi connectivity index (χ1n) is 14.5. The summed E-state index contributed by atoms with van der Waals surface area (Å²) < 4.78 is 0. The molecule has 1 aliphatic heterocycles. The van der Waals surface area contributed by atoms with Gasteiger partial charge in [0.15, 0.2) is 0 Å². The Morgan fingerprint density at radius 1 is 0.946 bits per heavy atom. The standard InChI is InChI=1S/C30H53NO5S/c1-22(2)10-6-11-23(3)12-7-13-24(4)14-8-15-25(5)17-19-37-21-26(29(33)34)20-28(32)31-18-9-16-27(31)30(35)36/h17,22-24,26-27H,6-16,18-21H2,1-5H3,(H,33,34)(H,35,36)/b25-17+. The van der Waals surface area contributed by atoms with E-state index >= 15 is 0 Å². The molecule has 0 aromatic heterocycles. The highest BCUT2D eigenvalue weighted by Gasteiger charge is 2.35. The van der Waals surface area contributed by atoms with Crippen molar-refractivity contribution in [2.75, 3.05) is 18.1 Å². The summed E-state index contributed by atoms with van der Waals surface area (Å²) >= 11 is 1.53. The van der Waals surface area contributed by atoms with Gasteiger partial charge in [-0.2, -0.15) is 11.8 Å². The third-order valence-electron chi connectivity index (χ3n) is 7.64. The van der Waals surface area contributed by atoms with Gasteiger partial charge in [-0.15, -0.1) is 0 Å². The first-order valence-corrected chi connectivity index (χ1v) is 15.6. The maximum Gasteiger partial charge on any atom is 0.326 e. The van der Waals surface area contributed by atoms with Gasteiger partial charge in [-0.25, -0.2) is 4.79 Å². The van der Waals surface area contributed by atoms with E-state index in [0.29, 0.717) is 25.1 Å². The fourth-order valence-corrected chi connectivity index (χ4v) is 6.17. The molecular weight excluding hydrogens is 486 g/mol. The summed E-state index contributed by atoms with van der Waals surface area (Å²) in [6, 6.07) is -0.814. The summed E-state index contributed by atoms with van der Waals surface area (Å²) in [7, 11) is 0. The van der Waals surface area contributed by atoms with E-state index in [1.165, 1.54) is 73.6 Å². The second kappa shape index (κ2) is 18.7. The van der Waals surface area contributed by atoms with E-state index in [0.717, 1.165) is 29.9 Å². The van der Waals surface area contributed by atoms with Crippen LogP contribution >= 0.6 is 11.8 Å². The summed E-state index contributed by atoms with van der Waals surface area (Å²) in [4.78, 5) is 36.9. The third kappa shape index (κ3) is 14.9. The molecule has 7 heteroatoms. The first kappa shape index (κ1) is 33.5. The molecule has 0 bridgehead atoms. The molecule has 1 rings (SSSR count). The molecular formula is C30H53NO5S. The molecule has 1 amide bonds. The minimum absolute atomic E-state index is 0.135. The quantitative estimate of drug-likeness (QED) is 0.125. The number of likely N-dealkylation sites (tertiary alicyclic amines) is 1. The van der Waals surface area contributed by atoms with Crippen molar-refractivity contribution in [3.05, 3.63) is 11.6 Å². The zero-order valence-corrected chi connectivity index (χ0v) is 24.9. The molecule has 1 aliphatic rings. The van der Waals surface area contributed by atoms with E-state index in [1.54, 1.807) is 0 Å². The van der Waals surface area contributed by atoms with Crippen LogP contribution in [-0.4, -0.2) is 57.1 Å². The number of allylic oxidation sites excluding steroid dienone is 1. The van der Waals surface area contributed by atoms with Gasteiger partial charge in [0.2, 0.25) is 5.91 Å². The van der Waals surface area contributed by atoms with E-state index in [4.69, 9.17) is 0 Å². The Morgan fingerprint density at radius 3 is 2.11 bits per heavy atom. The second-order valence-electron chi connectivity index (χ2n) is 11.8. The molecule has 0 radical (unpaired) electrons. The van der Waals surface area contributed by atoms with Crippen molar-refractivity contribution in [2.45, 2.75) is 118 Å². The Morgan fingerprint density at radius 2 is 1.54 bits per heavy atom. The average molecular weight is 540 g/mol. The molecule has 0 spiro atoms. The fraction of sp³-hybridized carbons (Fsp3) is 0.833. The van der Waals surface area contributed by atoms with Gasteiger partial charge >= 0.3 is 11.9 Å². The lowest BCUT2D eigenvalue weighted by molar-refractivity contribution is -0.150. The van der Waals surface area contributed by atoms with Gasteiger partial charge < -0.3 is 15.1 Å². The highest BCUT2D eigenvalue weighted by molar-refractivity contribution is 7.99. The van der Waals surface area contributed by atoms with Crippen LogP contribution in [0.2, 0.25) is 0 Å². The summed E-state index contributed by atoms with van der Waals surface area (Å²) in [5.74, 6) is 0.342. The van der Waals surface area contributed by atoms with Gasteiger partial charge in [-0.1, -0.05) is 84.3 Å². The number of aliphatic carboxylic acids is 2. The molecule has 0 saturated carbocycles. The number of carboxylic acid groups (broad SMARTS) is 2. The number of thioether (sulfide) groups is 1. The number of hydrogen-bond acceptors (Lipinski definition) is 4. The largest absolute Gasteiger partial charge is 0.481 e. The Labute approximate surface area is 230 Å². The van der Waals surface area contributed by atoms with Gasteiger partial charge in [0.05, 0.1) is 5.92 Å². The molecule has 0 aromatic rings. The molecule has 6 nitrogen and oxygen atoms in total. The van der Waals surface area contributed by atoms with Gasteiger partial charge in [-0.3, -0.25) is 9.59 Å². The summed E-state index contributed by atoms with van der Waals surface area (Å²) in [6.07, 6.45) is 14.7. The molecule has 37 heavy (non-hydrogen) atoms. The van der Waals surface area contributed by atoms with Gasteiger partial charge in [0.25, 0.3) is 0 Å². The predicted molar refractivity (Wildman–Crippen MR) is 154 cm³/mol. The maximum absolute atomic E-state index is 12.5. The van der Waals surface area contributed by atoms with Gasteiger partial charge in [0, 0.05) is 24.5 Å². The van der Waals surface area contributed by atoms with Crippen molar-refractivity contribution in [2.24, 2.45) is 23.7 Å². The number of rotatable bonds is 20. The first-order chi connectivity index (χ1) is 17.5. The van der Waals surface area contributed by atoms with E-state index in [-0.39, 0.29) is 12.3 Å². The number of hydrogen-bond donors (Lipinski definition) is 2. The van der Waals surface area contributed by atoms with Crippen molar-refractivity contribution in [1.29, 1.82) is 0 Å². The molecule has 4 unspecified atom stereocenters. The number of carbonyl (C=O) groups excluding carboxylic acids is 1. The fourth-order valence-electron chi connectivity index (χ4n) is 5.09. The highest BCUT2D eigenvalue weighted by Crippen LogP contribution is 2.24. The van der Waals surface area contributed by atoms with E-state index in [9.17, 15) is 24.6 Å². The third-order valence-corrected chi connectivity index (χ3v) is 8.68. The van der Waals surface area contributed by atoms with Crippen molar-refractivity contribution >= 4 is 29.6 Å². The molecule has 214 valence electrons. The summed E-state index contributed by atoms with van der Waals surface area (Å²) in [5.41, 5.74) is 1.34. The summed E-state index contributed by atoms with van der Waals surface area (Å²) in [5, 5.41) is 18.8. The molecule has 0 aromatic carbocycles. The van der Waals surface area contributed by atoms with E-state index in [2.05, 4.69) is 40.7 Å². The topological polar surface area (TPSA) is 94.9 Å². The van der Waals surface area contributed by atoms with Crippen molar-refractivity contribution in [3.63, 3.8) is 0 Å². The maximum atomic E-state index is 12.5. The van der Waals surface area contributed by atoms with Crippen LogP contribution in [0.5, 0.6) is 0 Å². The van der Waals surface area contributed by atoms with Crippen molar-refractivity contribution in [1.82, 2.24) is 4.90 Å². The monoisotopic (exact) mass is 539 g/mol. The number of amides is 1. The van der Waals surface area contributed by atoms with Crippen LogP contribution in [0.1, 0.15) is 112 Å². The van der Waals surface area contributed by atoms with Crippen molar-refractivity contribution < 1.29 is 24.6 Å². The smallest absolute Gasteiger partial charge is 0.326 e. The SMILES string of the molecule is C/C(=C\CSCC(CC(=O)N1CCCC1C(=O)O)C(=O)O)CCCC(C)CCCC(C)CCCC(C)C. The van der Waals surface area contributed by atoms with Crippen LogP contribution in [0.3, 0.4) is 0 Å². The highest BCUT2D eigenvalue weighted by atomic mass is 32.2. The lowest BCUT2D eigenvalue weighted by Gasteiger charge is -2.23. The predicted octanol–water partition coefficient (Wildman–Crippen LogP) is 7.27. The number of carbonyl (C=O) groups is 3. The Balaban J connectivity index is 2.23. The number of carboxylic acids is 2. The van der Waals surface area contributed by atoms with Crippen LogP contribution in [0.25, 0.3) is 0 Å². The van der Waals surface area contributed by atoms with E-state index < -0.39 is 23.9 Å². The van der Waals surface area contributed by atoms with Crippen LogP contribution in [0, 0.1) is 23.7 Å². The Kier molecular flexibility index (Phi) is 16.9. The lowest BCUT2D eigenvalue weighted by atomic mass is 9.91. The van der Waals surface area contributed by atoms with Crippen LogP contribution < -0.4 is 0 Å². The van der Waals surface area contributed by atoms with E-state index in [1.807, 2.05) is 0 Å². The van der Waals surface area contributed by atoms with Crippen LogP contribution in [0.15, 0.2) is 11.6 Å². The molecule has 1 heterocycles. The molecule has 0 aliphatic carbocycles. The van der Waals surface area contributed by atoms with Gasteiger partial charge in [0.1, 0.15) is 6.04 Å². The molecule has 4 atom stereocenters. The average Bonchev–Trinajstić information content (AvgIpc) is 3.31. The Hall–Kier alpha value is -1.50. The molecule has 1 fully saturated rings. The summed E-state index contributed by atoms with van der Waals surface area (Å²) in [6.45, 7) is 11.9. The van der Waals surface area contributed by atoms with Crippen molar-refractivity contribution in [3.8, 4) is 0 Å². The number of nitrogens with zero attached hydrogens (tertiary/aromatic N) is 1. The minimum Gasteiger partial charge on any atom is -0.481 e. The minimum atomic E-state index is -1.01. The second-order valence-corrected chi connectivity index (χ2v) is 12.8.